The molecule has 0 aromatic rings. The van der Waals surface area contributed by atoms with Crippen LogP contribution in [0.15, 0.2) is 17.3 Å². The predicted octanol–water partition coefficient (Wildman–Crippen LogP) is 0.649. The maximum Gasteiger partial charge on any atom is 0.224 e. The van der Waals surface area contributed by atoms with E-state index in [4.69, 9.17) is 0 Å². The highest BCUT2D eigenvalue weighted by Gasteiger charge is 2.25. The minimum absolute atomic E-state index is 0.0593. The molecule has 114 valence electrons. The lowest BCUT2D eigenvalue weighted by atomic mass is 10.1. The molecule has 0 fully saturated rings. The van der Waals surface area contributed by atoms with E-state index in [1.54, 1.807) is 23.5 Å². The Kier molecular flexibility index (Phi) is 5.71. The van der Waals surface area contributed by atoms with E-state index in [0.29, 0.717) is 6.54 Å². The normalized spacial score (nSPS) is 20.4. The lowest BCUT2D eigenvalue weighted by molar-refractivity contribution is -0.125. The van der Waals surface area contributed by atoms with Crippen LogP contribution in [0, 0.1) is 5.92 Å². The van der Waals surface area contributed by atoms with Crippen LogP contribution in [0.3, 0.4) is 0 Å². The second-order valence-electron chi connectivity index (χ2n) is 6.27. The molecule has 6 nitrogen and oxygen atoms in total. The highest BCUT2D eigenvalue weighted by atomic mass is 16.3. The van der Waals surface area contributed by atoms with E-state index in [2.05, 4.69) is 15.6 Å². The fourth-order valence-electron chi connectivity index (χ4n) is 1.62. The molecule has 0 radical (unpaired) electrons. The minimum atomic E-state index is -0.764. The SMILES string of the molecule is CC(C)C(=O)NC1C=CN=CN1C(O)CNC(C)(C)C. The zero-order valence-electron chi connectivity index (χ0n) is 12.9. The van der Waals surface area contributed by atoms with Crippen LogP contribution in [-0.2, 0) is 4.79 Å². The number of nitrogens with zero attached hydrogens (tertiary/aromatic N) is 2. The summed E-state index contributed by atoms with van der Waals surface area (Å²) in [5.41, 5.74) is -0.0829. The van der Waals surface area contributed by atoms with E-state index in [-0.39, 0.29) is 23.5 Å². The standard InChI is InChI=1S/C14H26N4O2/c1-10(2)13(20)17-11-6-7-15-9-18(11)12(19)8-16-14(3,4)5/h6-7,9-12,16,19H,8H2,1-5H3,(H,17,20). The van der Waals surface area contributed by atoms with Crippen molar-refractivity contribution >= 4 is 12.2 Å². The summed E-state index contributed by atoms with van der Waals surface area (Å²) in [5, 5.41) is 16.3. The van der Waals surface area contributed by atoms with Crippen molar-refractivity contribution in [3.05, 3.63) is 12.3 Å². The monoisotopic (exact) mass is 282 g/mol. The summed E-state index contributed by atoms with van der Waals surface area (Å²) in [5.74, 6) is -0.162. The lowest BCUT2D eigenvalue weighted by Gasteiger charge is -2.35. The number of amides is 1. The molecule has 0 aliphatic carbocycles. The van der Waals surface area contributed by atoms with Crippen LogP contribution in [0.4, 0.5) is 0 Å². The lowest BCUT2D eigenvalue weighted by Crippen LogP contribution is -2.56. The third-order valence-corrected chi connectivity index (χ3v) is 2.85. The first-order valence-corrected chi connectivity index (χ1v) is 6.91. The Bertz CT molecular complexity index is 385. The Morgan fingerprint density at radius 2 is 2.10 bits per heavy atom. The predicted molar refractivity (Wildman–Crippen MR) is 80.0 cm³/mol. The molecular weight excluding hydrogens is 256 g/mol. The van der Waals surface area contributed by atoms with Gasteiger partial charge >= 0.3 is 0 Å². The van der Waals surface area contributed by atoms with Crippen LogP contribution in [-0.4, -0.2) is 46.7 Å². The first-order chi connectivity index (χ1) is 9.20. The van der Waals surface area contributed by atoms with Crippen molar-refractivity contribution in [1.82, 2.24) is 15.5 Å². The van der Waals surface area contributed by atoms with Crippen molar-refractivity contribution in [2.45, 2.75) is 52.6 Å². The molecule has 3 N–H and O–H groups in total. The molecule has 1 aliphatic rings. The summed E-state index contributed by atoms with van der Waals surface area (Å²) in [7, 11) is 0. The van der Waals surface area contributed by atoms with E-state index < -0.39 is 6.23 Å². The van der Waals surface area contributed by atoms with Gasteiger partial charge in [-0.15, -0.1) is 0 Å². The molecule has 2 atom stereocenters. The fourth-order valence-corrected chi connectivity index (χ4v) is 1.62. The molecule has 1 amide bonds. The number of carbonyl (C=O) groups is 1. The van der Waals surface area contributed by atoms with Crippen LogP contribution < -0.4 is 10.6 Å². The maximum absolute atomic E-state index is 11.8. The zero-order valence-corrected chi connectivity index (χ0v) is 12.9. The molecule has 0 spiro atoms. The number of β-amino-alcohol motifs (C(OH)–C–C–N with tert-alkyl or cyclic N) is 1. The van der Waals surface area contributed by atoms with Gasteiger partial charge in [0.2, 0.25) is 5.91 Å². The summed E-state index contributed by atoms with van der Waals surface area (Å²) < 4.78 is 0. The van der Waals surface area contributed by atoms with Gasteiger partial charge < -0.3 is 20.6 Å². The van der Waals surface area contributed by atoms with Gasteiger partial charge in [0.25, 0.3) is 0 Å². The molecule has 1 rings (SSSR count). The summed E-state index contributed by atoms with van der Waals surface area (Å²) >= 11 is 0. The van der Waals surface area contributed by atoms with Gasteiger partial charge in [0, 0.05) is 24.2 Å². The molecule has 0 aromatic carbocycles. The van der Waals surface area contributed by atoms with E-state index in [0.717, 1.165) is 0 Å². The van der Waals surface area contributed by atoms with Gasteiger partial charge in [-0.25, -0.2) is 4.99 Å². The quantitative estimate of drug-likeness (QED) is 0.692. The number of nitrogens with one attached hydrogen (secondary N) is 2. The van der Waals surface area contributed by atoms with Crippen LogP contribution in [0.25, 0.3) is 0 Å². The maximum atomic E-state index is 11.8. The number of rotatable bonds is 5. The third kappa shape index (κ3) is 5.30. The largest absolute Gasteiger partial charge is 0.372 e. The van der Waals surface area contributed by atoms with Gasteiger partial charge in [0.05, 0.1) is 6.34 Å². The number of aliphatic hydroxyl groups excluding tert-OH is 1. The van der Waals surface area contributed by atoms with E-state index in [1.165, 1.54) is 0 Å². The number of aliphatic imine (C=N–C) groups is 1. The average molecular weight is 282 g/mol. The molecule has 20 heavy (non-hydrogen) atoms. The Morgan fingerprint density at radius 1 is 1.45 bits per heavy atom. The summed E-state index contributed by atoms with van der Waals surface area (Å²) in [6, 6.07) is 0. The first-order valence-electron chi connectivity index (χ1n) is 6.91. The molecule has 0 aromatic heterocycles. The molecule has 1 aliphatic heterocycles. The van der Waals surface area contributed by atoms with Crippen LogP contribution in [0.2, 0.25) is 0 Å². The Balaban J connectivity index is 2.63. The van der Waals surface area contributed by atoms with E-state index in [1.807, 2.05) is 34.6 Å². The van der Waals surface area contributed by atoms with Crippen molar-refractivity contribution < 1.29 is 9.90 Å². The Hall–Kier alpha value is -1.40. The van der Waals surface area contributed by atoms with Gasteiger partial charge in [-0.05, 0) is 26.8 Å². The Morgan fingerprint density at radius 3 is 2.65 bits per heavy atom. The Labute approximate surface area is 120 Å². The van der Waals surface area contributed by atoms with Crippen LogP contribution in [0.1, 0.15) is 34.6 Å². The smallest absolute Gasteiger partial charge is 0.224 e. The van der Waals surface area contributed by atoms with Gasteiger partial charge in [-0.3, -0.25) is 4.79 Å². The summed E-state index contributed by atoms with van der Waals surface area (Å²) in [6.45, 7) is 10.1. The number of hydrogen-bond acceptors (Lipinski definition) is 5. The van der Waals surface area contributed by atoms with Gasteiger partial charge in [0.15, 0.2) is 0 Å². The molecule has 1 heterocycles. The minimum Gasteiger partial charge on any atom is -0.372 e. The number of aliphatic hydroxyl groups is 1. The highest BCUT2D eigenvalue weighted by Crippen LogP contribution is 2.08. The van der Waals surface area contributed by atoms with Gasteiger partial charge in [-0.2, -0.15) is 0 Å². The molecule has 6 heteroatoms. The molecule has 0 bridgehead atoms. The van der Waals surface area contributed by atoms with Crippen molar-refractivity contribution in [2.24, 2.45) is 10.9 Å². The number of carbonyl (C=O) groups excluding carboxylic acids is 1. The van der Waals surface area contributed by atoms with Gasteiger partial charge in [-0.1, -0.05) is 13.8 Å². The van der Waals surface area contributed by atoms with Gasteiger partial charge in [0.1, 0.15) is 12.4 Å². The topological polar surface area (TPSA) is 77.0 Å². The highest BCUT2D eigenvalue weighted by molar-refractivity contribution is 5.78. The van der Waals surface area contributed by atoms with Crippen LogP contribution in [0.5, 0.6) is 0 Å². The van der Waals surface area contributed by atoms with Crippen LogP contribution >= 0.6 is 0 Å². The second kappa shape index (κ2) is 6.85. The molecule has 2 unspecified atom stereocenters. The second-order valence-corrected chi connectivity index (χ2v) is 6.27. The molecular formula is C14H26N4O2. The average Bonchev–Trinajstić information content (AvgIpc) is 2.35. The van der Waals surface area contributed by atoms with Crippen molar-refractivity contribution in [2.75, 3.05) is 6.54 Å². The third-order valence-electron chi connectivity index (χ3n) is 2.85. The van der Waals surface area contributed by atoms with E-state index in [9.17, 15) is 9.90 Å². The van der Waals surface area contributed by atoms with Crippen molar-refractivity contribution in [3.8, 4) is 0 Å². The van der Waals surface area contributed by atoms with Crippen molar-refractivity contribution in [1.29, 1.82) is 0 Å². The summed E-state index contributed by atoms with van der Waals surface area (Å²) in [4.78, 5) is 17.4. The summed E-state index contributed by atoms with van der Waals surface area (Å²) in [6.07, 6.45) is 3.77. The fraction of sp³-hybridized carbons (Fsp3) is 0.714. The molecule has 0 saturated heterocycles. The zero-order chi connectivity index (χ0) is 15.3. The van der Waals surface area contributed by atoms with E-state index >= 15 is 0 Å². The first kappa shape index (κ1) is 16.7. The number of hydrogen-bond donors (Lipinski definition) is 3. The molecule has 0 saturated carbocycles. The van der Waals surface area contributed by atoms with Crippen molar-refractivity contribution in [3.63, 3.8) is 0 Å².